The number of piperazine rings is 1. The molecule has 9 nitrogen and oxygen atoms in total. The van der Waals surface area contributed by atoms with Crippen LogP contribution in [0, 0.1) is 10.1 Å². The Morgan fingerprint density at radius 3 is 2.83 bits per heavy atom. The van der Waals surface area contributed by atoms with Gasteiger partial charge in [-0.15, -0.1) is 24.8 Å². The summed E-state index contributed by atoms with van der Waals surface area (Å²) in [7, 11) is 1.99. The molecule has 1 N–H and O–H groups in total. The second-order valence-corrected chi connectivity index (χ2v) is 5.37. The van der Waals surface area contributed by atoms with E-state index in [-0.39, 0.29) is 36.5 Å². The van der Waals surface area contributed by atoms with E-state index in [9.17, 15) is 10.1 Å². The van der Waals surface area contributed by atoms with E-state index in [1.54, 1.807) is 10.9 Å². The monoisotopic (exact) mass is 377 g/mol. The molecule has 0 amide bonds. The number of nitrogens with zero attached hydrogens (tertiary/aromatic N) is 6. The van der Waals surface area contributed by atoms with Crippen LogP contribution in [-0.2, 0) is 13.6 Å². The normalized spacial score (nSPS) is 17.8. The Morgan fingerprint density at radius 1 is 1.42 bits per heavy atom. The van der Waals surface area contributed by atoms with Crippen molar-refractivity contribution in [2.45, 2.75) is 12.6 Å². The maximum absolute atomic E-state index is 10.7. The number of aromatic nitrogens is 4. The van der Waals surface area contributed by atoms with Gasteiger partial charge in [-0.2, -0.15) is 5.10 Å². The third-order valence-electron chi connectivity index (χ3n) is 3.96. The molecule has 24 heavy (non-hydrogen) atoms. The van der Waals surface area contributed by atoms with Crippen molar-refractivity contribution in [2.75, 3.05) is 26.2 Å². The van der Waals surface area contributed by atoms with Gasteiger partial charge < -0.3 is 9.88 Å². The molecule has 1 atom stereocenters. The molecule has 3 rings (SSSR count). The first-order valence-corrected chi connectivity index (χ1v) is 7.24. The van der Waals surface area contributed by atoms with Crippen LogP contribution in [0.15, 0.2) is 24.8 Å². The summed E-state index contributed by atoms with van der Waals surface area (Å²) in [4.78, 5) is 17.0. The van der Waals surface area contributed by atoms with Gasteiger partial charge in [-0.25, -0.2) is 4.98 Å². The summed E-state index contributed by atoms with van der Waals surface area (Å²) in [6.07, 6.45) is 6.50. The van der Waals surface area contributed by atoms with Crippen LogP contribution in [0.25, 0.3) is 0 Å². The van der Waals surface area contributed by atoms with Gasteiger partial charge >= 0.3 is 5.69 Å². The molecule has 1 aliphatic rings. The van der Waals surface area contributed by atoms with E-state index in [4.69, 9.17) is 0 Å². The fourth-order valence-electron chi connectivity index (χ4n) is 2.77. The highest BCUT2D eigenvalue weighted by Crippen LogP contribution is 2.20. The minimum absolute atomic E-state index is 0. The smallest absolute Gasteiger partial charge is 0.306 e. The molecule has 3 heterocycles. The topological polar surface area (TPSA) is 94.0 Å². The number of imidazole rings is 1. The molecule has 1 unspecified atom stereocenters. The lowest BCUT2D eigenvalue weighted by atomic mass is 10.1. The molecule has 2 aromatic rings. The van der Waals surface area contributed by atoms with Crippen LogP contribution in [0.3, 0.4) is 0 Å². The average Bonchev–Trinajstić information content (AvgIpc) is 3.14. The van der Waals surface area contributed by atoms with Crippen molar-refractivity contribution in [3.63, 3.8) is 0 Å². The quantitative estimate of drug-likeness (QED) is 0.617. The average molecular weight is 378 g/mol. The minimum Gasteiger partial charge on any atom is -0.337 e. The molecule has 0 spiro atoms. The molecule has 0 bridgehead atoms. The molecule has 0 saturated carbocycles. The number of nitro groups is 1. The number of hydrogen-bond acceptors (Lipinski definition) is 6. The van der Waals surface area contributed by atoms with Gasteiger partial charge in [0.15, 0.2) is 0 Å². The molecule has 1 fully saturated rings. The standard InChI is InChI=1S/C13H19N7O2.2ClH/c1-17-4-3-15-13(17)12-9-14-2-5-18(12)6-7-19-10-11(8-16-19)20(21)22;;/h3-4,8,10,12,14H,2,5-7,9H2,1H3;2*1H. The molecule has 0 aromatic carbocycles. The van der Waals surface area contributed by atoms with Crippen LogP contribution in [-0.4, -0.2) is 55.3 Å². The molecule has 2 aromatic heterocycles. The Kier molecular flexibility index (Phi) is 7.61. The summed E-state index contributed by atoms with van der Waals surface area (Å²) in [6.45, 7) is 4.10. The summed E-state index contributed by atoms with van der Waals surface area (Å²) in [5.41, 5.74) is 0.0287. The van der Waals surface area contributed by atoms with E-state index in [1.807, 2.05) is 17.8 Å². The lowest BCUT2D eigenvalue weighted by Crippen LogP contribution is -2.47. The molecular formula is C13H21Cl2N7O2. The van der Waals surface area contributed by atoms with Crippen molar-refractivity contribution in [1.29, 1.82) is 0 Å². The number of rotatable bonds is 5. The predicted molar refractivity (Wildman–Crippen MR) is 93.8 cm³/mol. The van der Waals surface area contributed by atoms with Gasteiger partial charge in [0.05, 0.1) is 17.5 Å². The first-order chi connectivity index (χ1) is 10.6. The molecule has 0 aliphatic carbocycles. The Hall–Kier alpha value is -1.68. The third kappa shape index (κ3) is 4.44. The zero-order valence-corrected chi connectivity index (χ0v) is 14.9. The van der Waals surface area contributed by atoms with E-state index in [2.05, 4.69) is 20.3 Å². The second-order valence-electron chi connectivity index (χ2n) is 5.37. The molecular weight excluding hydrogens is 357 g/mol. The van der Waals surface area contributed by atoms with Gasteiger partial charge in [-0.3, -0.25) is 19.7 Å². The maximum atomic E-state index is 10.7. The fraction of sp³-hybridized carbons (Fsp3) is 0.538. The second kappa shape index (κ2) is 8.97. The van der Waals surface area contributed by atoms with E-state index in [0.29, 0.717) is 6.54 Å². The summed E-state index contributed by atoms with van der Waals surface area (Å²) in [5, 5.41) is 18.1. The van der Waals surface area contributed by atoms with E-state index in [0.717, 1.165) is 32.0 Å². The summed E-state index contributed by atoms with van der Waals surface area (Å²) in [5.74, 6) is 1.03. The van der Waals surface area contributed by atoms with E-state index < -0.39 is 4.92 Å². The van der Waals surface area contributed by atoms with Crippen LogP contribution in [0.5, 0.6) is 0 Å². The molecule has 1 saturated heterocycles. The Balaban J connectivity index is 0.00000144. The largest absolute Gasteiger partial charge is 0.337 e. The number of aryl methyl sites for hydroxylation is 1. The van der Waals surface area contributed by atoms with Crippen molar-refractivity contribution in [1.82, 2.24) is 29.5 Å². The first-order valence-electron chi connectivity index (χ1n) is 7.24. The van der Waals surface area contributed by atoms with Gasteiger partial charge in [0, 0.05) is 45.6 Å². The Morgan fingerprint density at radius 2 is 2.21 bits per heavy atom. The maximum Gasteiger partial charge on any atom is 0.306 e. The highest BCUT2D eigenvalue weighted by Gasteiger charge is 2.26. The number of nitrogens with one attached hydrogen (secondary N) is 1. The van der Waals surface area contributed by atoms with Crippen LogP contribution >= 0.6 is 24.8 Å². The zero-order chi connectivity index (χ0) is 15.5. The number of hydrogen-bond donors (Lipinski definition) is 1. The van der Waals surface area contributed by atoms with Gasteiger partial charge in [0.2, 0.25) is 0 Å². The predicted octanol–water partition coefficient (Wildman–Crippen LogP) is 1.01. The van der Waals surface area contributed by atoms with E-state index in [1.165, 1.54) is 12.4 Å². The molecule has 1 aliphatic heterocycles. The van der Waals surface area contributed by atoms with Crippen LogP contribution in [0.4, 0.5) is 5.69 Å². The SMILES string of the molecule is Cl.Cl.Cn1ccnc1C1CNCCN1CCn1cc([N+](=O)[O-])cn1. The van der Waals surface area contributed by atoms with Crippen LogP contribution in [0.2, 0.25) is 0 Å². The summed E-state index contributed by atoms with van der Waals surface area (Å²) < 4.78 is 3.65. The first kappa shape index (κ1) is 20.4. The Bertz CT molecular complexity index is 660. The highest BCUT2D eigenvalue weighted by atomic mass is 35.5. The van der Waals surface area contributed by atoms with Crippen LogP contribution < -0.4 is 5.32 Å². The van der Waals surface area contributed by atoms with Gasteiger partial charge in [0.25, 0.3) is 0 Å². The van der Waals surface area contributed by atoms with Gasteiger partial charge in [-0.1, -0.05) is 0 Å². The summed E-state index contributed by atoms with van der Waals surface area (Å²) in [6, 6.07) is 0.208. The summed E-state index contributed by atoms with van der Waals surface area (Å²) >= 11 is 0. The van der Waals surface area contributed by atoms with E-state index >= 15 is 0 Å². The van der Waals surface area contributed by atoms with Gasteiger partial charge in [0.1, 0.15) is 18.2 Å². The van der Waals surface area contributed by atoms with Crippen molar-refractivity contribution in [3.8, 4) is 0 Å². The molecule has 11 heteroatoms. The highest BCUT2D eigenvalue weighted by molar-refractivity contribution is 5.85. The van der Waals surface area contributed by atoms with Crippen molar-refractivity contribution < 1.29 is 4.92 Å². The van der Waals surface area contributed by atoms with Gasteiger partial charge in [-0.05, 0) is 0 Å². The van der Waals surface area contributed by atoms with Crippen LogP contribution in [0.1, 0.15) is 11.9 Å². The molecule has 0 radical (unpaired) electrons. The third-order valence-corrected chi connectivity index (χ3v) is 3.96. The minimum atomic E-state index is -0.426. The van der Waals surface area contributed by atoms with Crippen molar-refractivity contribution in [2.24, 2.45) is 7.05 Å². The van der Waals surface area contributed by atoms with Crippen molar-refractivity contribution >= 4 is 30.5 Å². The van der Waals surface area contributed by atoms with Crippen molar-refractivity contribution in [3.05, 3.63) is 40.7 Å². The fourth-order valence-corrected chi connectivity index (χ4v) is 2.77. The lowest BCUT2D eigenvalue weighted by Gasteiger charge is -2.35. The zero-order valence-electron chi connectivity index (χ0n) is 13.2. The Labute approximate surface area is 152 Å². The molecule has 134 valence electrons. The lowest BCUT2D eigenvalue weighted by molar-refractivity contribution is -0.385. The number of halogens is 2.